The fourth-order valence-corrected chi connectivity index (χ4v) is 3.24. The molecule has 0 atom stereocenters. The van der Waals surface area contributed by atoms with Crippen molar-refractivity contribution in [1.29, 1.82) is 0 Å². The van der Waals surface area contributed by atoms with Gasteiger partial charge in [0.2, 0.25) is 11.3 Å². The van der Waals surface area contributed by atoms with E-state index >= 15 is 0 Å². The Bertz CT molecular complexity index is 1420. The lowest BCUT2D eigenvalue weighted by molar-refractivity contribution is 0.101. The van der Waals surface area contributed by atoms with Gasteiger partial charge in [-0.1, -0.05) is 11.6 Å². The number of pyridine rings is 2. The quantitative estimate of drug-likeness (QED) is 0.504. The van der Waals surface area contributed by atoms with Gasteiger partial charge >= 0.3 is 0 Å². The summed E-state index contributed by atoms with van der Waals surface area (Å²) in [4.78, 5) is 34.4. The first-order valence-corrected chi connectivity index (χ1v) is 9.84. The summed E-state index contributed by atoms with van der Waals surface area (Å²) in [6.07, 6.45) is 1.38. The Hall–Kier alpha value is -3.85. The standard InChI is InChI=1S/C22H17ClFN5O3/c1-11-8-17-19(26-12(11)2)21(30)20(22(31)27-14-5-7-18(32-3)25-10-14)28-29(17)16-6-4-13(23)9-15(16)24/h4-10H,1-3H3,(H,27,31). The topological polar surface area (TPSA) is 99.0 Å². The Kier molecular flexibility index (Phi) is 5.58. The Balaban J connectivity index is 1.90. The Labute approximate surface area is 186 Å². The first kappa shape index (κ1) is 21.4. The molecule has 0 radical (unpaired) electrons. The molecule has 32 heavy (non-hydrogen) atoms. The summed E-state index contributed by atoms with van der Waals surface area (Å²) < 4.78 is 20.9. The van der Waals surface area contributed by atoms with Gasteiger partial charge in [0, 0.05) is 16.8 Å². The zero-order chi connectivity index (χ0) is 23.0. The number of aryl methyl sites for hydroxylation is 2. The van der Waals surface area contributed by atoms with Crippen LogP contribution in [0.15, 0.2) is 47.4 Å². The first-order chi connectivity index (χ1) is 15.3. The number of rotatable bonds is 4. The van der Waals surface area contributed by atoms with Crippen LogP contribution in [0, 0.1) is 19.7 Å². The Morgan fingerprint density at radius 3 is 2.62 bits per heavy atom. The van der Waals surface area contributed by atoms with Crippen LogP contribution >= 0.6 is 11.6 Å². The van der Waals surface area contributed by atoms with Crippen molar-refractivity contribution >= 4 is 34.2 Å². The van der Waals surface area contributed by atoms with Crippen molar-refractivity contribution < 1.29 is 13.9 Å². The molecule has 162 valence electrons. The van der Waals surface area contributed by atoms with E-state index in [2.05, 4.69) is 20.4 Å². The SMILES string of the molecule is COc1ccc(NC(=O)c2nn(-c3ccc(Cl)cc3F)c3cc(C)c(C)nc3c2=O)cn1. The average molecular weight is 454 g/mol. The highest BCUT2D eigenvalue weighted by Crippen LogP contribution is 2.22. The summed E-state index contributed by atoms with van der Waals surface area (Å²) in [6, 6.07) is 8.82. The molecule has 3 aromatic heterocycles. The third kappa shape index (κ3) is 3.90. The normalized spacial score (nSPS) is 10.9. The average Bonchev–Trinajstić information content (AvgIpc) is 2.76. The summed E-state index contributed by atoms with van der Waals surface area (Å²) >= 11 is 5.88. The second kappa shape index (κ2) is 8.35. The number of nitrogens with zero attached hydrogens (tertiary/aromatic N) is 4. The lowest BCUT2D eigenvalue weighted by Gasteiger charge is -2.14. The Morgan fingerprint density at radius 1 is 1.19 bits per heavy atom. The van der Waals surface area contributed by atoms with Crippen LogP contribution in [0.2, 0.25) is 5.02 Å². The van der Waals surface area contributed by atoms with E-state index in [1.807, 2.05) is 6.92 Å². The minimum atomic E-state index is -0.785. The number of nitrogens with one attached hydrogen (secondary N) is 1. The predicted octanol–water partition coefficient (Wildman–Crippen LogP) is 3.85. The van der Waals surface area contributed by atoms with Crippen LogP contribution in [-0.4, -0.2) is 32.8 Å². The fraction of sp³-hybridized carbons (Fsp3) is 0.136. The predicted molar refractivity (Wildman–Crippen MR) is 118 cm³/mol. The minimum absolute atomic E-state index is 0.00421. The highest BCUT2D eigenvalue weighted by molar-refractivity contribution is 6.30. The van der Waals surface area contributed by atoms with Crippen molar-refractivity contribution in [2.24, 2.45) is 0 Å². The third-order valence-electron chi connectivity index (χ3n) is 4.86. The molecule has 1 N–H and O–H groups in total. The number of ether oxygens (including phenoxy) is 1. The molecule has 8 nitrogen and oxygen atoms in total. The van der Waals surface area contributed by atoms with E-state index in [1.165, 1.54) is 30.1 Å². The van der Waals surface area contributed by atoms with Crippen molar-refractivity contribution in [2.45, 2.75) is 13.8 Å². The van der Waals surface area contributed by atoms with Crippen LogP contribution in [-0.2, 0) is 0 Å². The molecule has 0 saturated carbocycles. The van der Waals surface area contributed by atoms with E-state index in [9.17, 15) is 14.0 Å². The number of benzene rings is 1. The van der Waals surface area contributed by atoms with Gasteiger partial charge in [-0.25, -0.2) is 19.0 Å². The summed E-state index contributed by atoms with van der Waals surface area (Å²) in [6.45, 7) is 3.55. The van der Waals surface area contributed by atoms with Gasteiger partial charge in [0.1, 0.15) is 17.0 Å². The maximum Gasteiger partial charge on any atom is 0.280 e. The smallest absolute Gasteiger partial charge is 0.280 e. The molecule has 0 saturated heterocycles. The summed E-state index contributed by atoms with van der Waals surface area (Å²) in [5.41, 5.74) is 0.875. The monoisotopic (exact) mass is 453 g/mol. The fourth-order valence-electron chi connectivity index (χ4n) is 3.08. The molecule has 3 heterocycles. The van der Waals surface area contributed by atoms with Crippen LogP contribution in [0.5, 0.6) is 5.88 Å². The molecular formula is C22H17ClFN5O3. The zero-order valence-electron chi connectivity index (χ0n) is 17.3. The number of halogens is 2. The molecule has 0 aliphatic heterocycles. The van der Waals surface area contributed by atoms with E-state index < -0.39 is 22.8 Å². The van der Waals surface area contributed by atoms with Crippen molar-refractivity contribution in [3.63, 3.8) is 0 Å². The molecule has 0 aliphatic carbocycles. The van der Waals surface area contributed by atoms with Gasteiger partial charge in [-0.05, 0) is 49.7 Å². The van der Waals surface area contributed by atoms with E-state index in [1.54, 1.807) is 25.1 Å². The zero-order valence-corrected chi connectivity index (χ0v) is 18.1. The molecule has 0 spiro atoms. The molecule has 1 amide bonds. The Morgan fingerprint density at radius 2 is 1.97 bits per heavy atom. The van der Waals surface area contributed by atoms with Gasteiger partial charge in [-0.3, -0.25) is 9.59 Å². The van der Waals surface area contributed by atoms with E-state index in [0.717, 1.165) is 11.6 Å². The molecule has 0 bridgehead atoms. The number of aromatic nitrogens is 4. The van der Waals surface area contributed by atoms with Gasteiger partial charge in [0.25, 0.3) is 5.91 Å². The summed E-state index contributed by atoms with van der Waals surface area (Å²) in [5.74, 6) is -1.09. The molecule has 10 heteroatoms. The highest BCUT2D eigenvalue weighted by Gasteiger charge is 2.21. The summed E-state index contributed by atoms with van der Waals surface area (Å²) in [7, 11) is 1.47. The van der Waals surface area contributed by atoms with E-state index in [4.69, 9.17) is 16.3 Å². The molecule has 4 rings (SSSR count). The largest absolute Gasteiger partial charge is 0.481 e. The lowest BCUT2D eigenvalue weighted by atomic mass is 10.1. The molecule has 0 aliphatic rings. The number of amides is 1. The van der Waals surface area contributed by atoms with Crippen LogP contribution in [0.4, 0.5) is 10.1 Å². The van der Waals surface area contributed by atoms with Gasteiger partial charge in [-0.15, -0.1) is 0 Å². The van der Waals surface area contributed by atoms with Gasteiger partial charge in [-0.2, -0.15) is 5.10 Å². The van der Waals surface area contributed by atoms with Crippen LogP contribution in [0.25, 0.3) is 16.7 Å². The number of hydrogen-bond acceptors (Lipinski definition) is 6. The number of fused-ring (bicyclic) bond motifs is 1. The van der Waals surface area contributed by atoms with Gasteiger partial charge in [0.05, 0.1) is 24.5 Å². The van der Waals surface area contributed by atoms with Crippen molar-refractivity contribution in [3.05, 3.63) is 80.6 Å². The van der Waals surface area contributed by atoms with Crippen LogP contribution in [0.3, 0.4) is 0 Å². The number of methoxy groups -OCH3 is 1. The number of carbonyl (C=O) groups is 1. The maximum atomic E-state index is 14.7. The number of carbonyl (C=O) groups excluding carboxylic acids is 1. The molecular weight excluding hydrogens is 437 g/mol. The molecule has 0 fully saturated rings. The van der Waals surface area contributed by atoms with Gasteiger partial charge < -0.3 is 10.1 Å². The maximum absolute atomic E-state index is 14.7. The number of hydrogen-bond donors (Lipinski definition) is 1. The first-order valence-electron chi connectivity index (χ1n) is 9.46. The van der Waals surface area contributed by atoms with E-state index in [-0.39, 0.29) is 21.7 Å². The number of anilines is 1. The summed E-state index contributed by atoms with van der Waals surface area (Å²) in [5, 5.41) is 6.95. The van der Waals surface area contributed by atoms with Crippen molar-refractivity contribution in [2.75, 3.05) is 12.4 Å². The lowest BCUT2D eigenvalue weighted by Crippen LogP contribution is -2.28. The van der Waals surface area contributed by atoms with Crippen molar-refractivity contribution in [3.8, 4) is 11.6 Å². The van der Waals surface area contributed by atoms with Gasteiger partial charge in [0.15, 0.2) is 5.69 Å². The third-order valence-corrected chi connectivity index (χ3v) is 5.10. The molecule has 0 unspecified atom stereocenters. The second-order valence-electron chi connectivity index (χ2n) is 6.99. The van der Waals surface area contributed by atoms with E-state index in [0.29, 0.717) is 17.3 Å². The van der Waals surface area contributed by atoms with Crippen LogP contribution < -0.4 is 15.5 Å². The second-order valence-corrected chi connectivity index (χ2v) is 7.42. The molecule has 4 aromatic rings. The molecule has 1 aromatic carbocycles. The van der Waals surface area contributed by atoms with Crippen molar-refractivity contribution in [1.82, 2.24) is 19.7 Å². The van der Waals surface area contributed by atoms with Crippen LogP contribution in [0.1, 0.15) is 21.7 Å². The highest BCUT2D eigenvalue weighted by atomic mass is 35.5. The minimum Gasteiger partial charge on any atom is -0.481 e.